The number of aromatic nitrogens is 3. The first-order chi connectivity index (χ1) is 13.5. The van der Waals surface area contributed by atoms with Gasteiger partial charge in [0.2, 0.25) is 0 Å². The van der Waals surface area contributed by atoms with Gasteiger partial charge in [-0.15, -0.1) is 0 Å². The normalized spacial score (nSPS) is 23.4. The third-order valence-electron chi connectivity index (χ3n) is 6.38. The smallest absolute Gasteiger partial charge is 0.258 e. The largest absolute Gasteiger partial charge is 0.307 e. The summed E-state index contributed by atoms with van der Waals surface area (Å²) in [6.07, 6.45) is 12.5. The number of rotatable bonds is 4. The molecule has 1 N–H and O–H groups in total. The Morgan fingerprint density at radius 2 is 1.96 bits per heavy atom. The molecule has 2 aromatic heterocycles. The van der Waals surface area contributed by atoms with Crippen LogP contribution >= 0.6 is 0 Å². The van der Waals surface area contributed by atoms with Crippen molar-refractivity contribution >= 4 is 11.7 Å². The maximum Gasteiger partial charge on any atom is 0.258 e. The van der Waals surface area contributed by atoms with Gasteiger partial charge in [-0.3, -0.25) is 9.78 Å². The molecule has 0 aromatic carbocycles. The summed E-state index contributed by atoms with van der Waals surface area (Å²) in [4.78, 5) is 19.2. The Kier molecular flexibility index (Phi) is 5.49. The van der Waals surface area contributed by atoms with Crippen LogP contribution in [0.3, 0.4) is 0 Å². The van der Waals surface area contributed by atoms with Crippen LogP contribution in [0.15, 0.2) is 36.8 Å². The molecule has 1 amide bonds. The van der Waals surface area contributed by atoms with Crippen LogP contribution in [-0.2, 0) is 0 Å². The average molecular weight is 382 g/mol. The predicted molar refractivity (Wildman–Crippen MR) is 110 cm³/mol. The van der Waals surface area contributed by atoms with Crippen LogP contribution in [0.5, 0.6) is 0 Å². The van der Waals surface area contributed by atoms with E-state index in [4.69, 9.17) is 0 Å². The first-order valence-corrected chi connectivity index (χ1v) is 10.5. The fraction of sp³-hybridized carbons (Fsp3) is 0.591. The van der Waals surface area contributed by atoms with E-state index in [0.717, 1.165) is 37.8 Å². The lowest BCUT2D eigenvalue weighted by molar-refractivity contribution is 0.0656. The molecule has 3 heterocycles. The number of anilines is 1. The van der Waals surface area contributed by atoms with Crippen molar-refractivity contribution in [2.75, 3.05) is 18.4 Å². The number of nitrogens with one attached hydrogen (secondary N) is 1. The number of piperidine rings is 1. The van der Waals surface area contributed by atoms with Gasteiger partial charge in [-0.05, 0) is 49.7 Å². The first-order valence-electron chi connectivity index (χ1n) is 10.5. The van der Waals surface area contributed by atoms with Crippen molar-refractivity contribution in [2.45, 2.75) is 64.5 Å². The number of carbonyl (C=O) groups excluding carboxylic acids is 1. The van der Waals surface area contributed by atoms with Crippen LogP contribution in [0.4, 0.5) is 5.82 Å². The zero-order valence-corrected chi connectivity index (χ0v) is 17.0. The number of hydrogen-bond donors (Lipinski definition) is 1. The molecular weight excluding hydrogens is 350 g/mol. The highest BCUT2D eigenvalue weighted by atomic mass is 16.1. The van der Waals surface area contributed by atoms with E-state index in [0.29, 0.717) is 17.0 Å². The van der Waals surface area contributed by atoms with E-state index in [1.807, 2.05) is 10.7 Å². The Hall–Kier alpha value is -2.21. The number of pyridine rings is 1. The van der Waals surface area contributed by atoms with E-state index in [-0.39, 0.29) is 5.91 Å². The maximum atomic E-state index is 12.5. The summed E-state index contributed by atoms with van der Waals surface area (Å²) < 4.78 is 2.00. The second-order valence-corrected chi connectivity index (χ2v) is 9.04. The molecule has 0 spiro atoms. The number of likely N-dealkylation sites (tertiary alicyclic amines) is 1. The SMILES string of the molecule is CC1(C)CCCC(N2CCC(n3nccc3NC(=O)c3cccnc3)CC2)C1. The molecule has 2 fully saturated rings. The summed E-state index contributed by atoms with van der Waals surface area (Å²) in [5.74, 6) is 0.628. The van der Waals surface area contributed by atoms with E-state index in [1.165, 1.54) is 25.7 Å². The van der Waals surface area contributed by atoms with Crippen molar-refractivity contribution in [1.29, 1.82) is 0 Å². The topological polar surface area (TPSA) is 63.1 Å². The standard InChI is InChI=1S/C22H31N5O/c1-22(2)10-3-6-19(15-22)26-13-8-18(9-14-26)27-20(7-12-24-27)25-21(28)17-5-4-11-23-16-17/h4-5,7,11-12,16,18-19H,3,6,8-10,13-15H2,1-2H3,(H,25,28). The minimum atomic E-state index is -0.142. The van der Waals surface area contributed by atoms with Gasteiger partial charge in [0.1, 0.15) is 5.82 Å². The lowest BCUT2D eigenvalue weighted by atomic mass is 9.74. The van der Waals surface area contributed by atoms with E-state index in [1.54, 1.807) is 30.7 Å². The van der Waals surface area contributed by atoms with Crippen molar-refractivity contribution in [1.82, 2.24) is 19.7 Å². The zero-order valence-electron chi connectivity index (χ0n) is 17.0. The Balaban J connectivity index is 1.37. The summed E-state index contributed by atoms with van der Waals surface area (Å²) in [5, 5.41) is 7.51. The van der Waals surface area contributed by atoms with Crippen molar-refractivity contribution in [3.8, 4) is 0 Å². The molecule has 4 rings (SSSR count). The van der Waals surface area contributed by atoms with E-state index in [9.17, 15) is 4.79 Å². The molecule has 28 heavy (non-hydrogen) atoms. The van der Waals surface area contributed by atoms with Crippen molar-refractivity contribution in [3.63, 3.8) is 0 Å². The van der Waals surface area contributed by atoms with Gasteiger partial charge in [0.15, 0.2) is 0 Å². The Labute approximate surface area is 167 Å². The Morgan fingerprint density at radius 3 is 2.68 bits per heavy atom. The van der Waals surface area contributed by atoms with Crippen LogP contribution in [0.1, 0.15) is 68.8 Å². The lowest BCUT2D eigenvalue weighted by Gasteiger charge is -2.44. The van der Waals surface area contributed by atoms with Crippen molar-refractivity contribution in [3.05, 3.63) is 42.4 Å². The molecule has 2 aliphatic rings. The molecule has 0 radical (unpaired) electrons. The highest BCUT2D eigenvalue weighted by Gasteiger charge is 2.33. The van der Waals surface area contributed by atoms with Gasteiger partial charge in [0, 0.05) is 37.6 Å². The van der Waals surface area contributed by atoms with Crippen LogP contribution < -0.4 is 5.32 Å². The van der Waals surface area contributed by atoms with Gasteiger partial charge < -0.3 is 10.2 Å². The molecule has 2 aromatic rings. The quantitative estimate of drug-likeness (QED) is 0.865. The van der Waals surface area contributed by atoms with Gasteiger partial charge >= 0.3 is 0 Å². The summed E-state index contributed by atoms with van der Waals surface area (Å²) in [7, 11) is 0. The van der Waals surface area contributed by atoms with E-state index >= 15 is 0 Å². The summed E-state index contributed by atoms with van der Waals surface area (Å²) in [6.45, 7) is 7.04. The Bertz CT molecular complexity index is 792. The summed E-state index contributed by atoms with van der Waals surface area (Å²) >= 11 is 0. The average Bonchev–Trinajstić information content (AvgIpc) is 3.16. The molecule has 1 saturated heterocycles. The molecular formula is C22H31N5O. The lowest BCUT2D eigenvalue weighted by Crippen LogP contribution is -2.45. The highest BCUT2D eigenvalue weighted by Crippen LogP contribution is 2.38. The van der Waals surface area contributed by atoms with Crippen LogP contribution in [0.2, 0.25) is 0 Å². The van der Waals surface area contributed by atoms with Gasteiger partial charge in [0.05, 0.1) is 17.8 Å². The molecule has 0 bridgehead atoms. The molecule has 1 unspecified atom stereocenters. The highest BCUT2D eigenvalue weighted by molar-refractivity contribution is 6.03. The van der Waals surface area contributed by atoms with Crippen molar-refractivity contribution in [2.24, 2.45) is 5.41 Å². The molecule has 1 atom stereocenters. The number of amides is 1. The van der Waals surface area contributed by atoms with Crippen LogP contribution in [-0.4, -0.2) is 44.7 Å². The van der Waals surface area contributed by atoms with Gasteiger partial charge in [-0.2, -0.15) is 5.10 Å². The molecule has 1 aliphatic heterocycles. The first kappa shape index (κ1) is 19.1. The maximum absolute atomic E-state index is 12.5. The van der Waals surface area contributed by atoms with E-state index < -0.39 is 0 Å². The predicted octanol–water partition coefficient (Wildman–Crippen LogP) is 4.14. The minimum Gasteiger partial charge on any atom is -0.307 e. The summed E-state index contributed by atoms with van der Waals surface area (Å²) in [6, 6.07) is 6.49. The fourth-order valence-corrected chi connectivity index (χ4v) is 4.86. The number of hydrogen-bond acceptors (Lipinski definition) is 4. The number of nitrogens with zero attached hydrogens (tertiary/aromatic N) is 4. The molecule has 1 aliphatic carbocycles. The molecule has 6 heteroatoms. The summed E-state index contributed by atoms with van der Waals surface area (Å²) in [5.41, 5.74) is 1.04. The van der Waals surface area contributed by atoms with Gasteiger partial charge in [0.25, 0.3) is 5.91 Å². The van der Waals surface area contributed by atoms with E-state index in [2.05, 4.69) is 34.1 Å². The minimum absolute atomic E-state index is 0.142. The molecule has 1 saturated carbocycles. The second kappa shape index (κ2) is 8.03. The third-order valence-corrected chi connectivity index (χ3v) is 6.38. The van der Waals surface area contributed by atoms with Crippen LogP contribution in [0.25, 0.3) is 0 Å². The second-order valence-electron chi connectivity index (χ2n) is 9.04. The molecule has 6 nitrogen and oxygen atoms in total. The molecule has 150 valence electrons. The van der Waals surface area contributed by atoms with Crippen molar-refractivity contribution < 1.29 is 4.79 Å². The zero-order chi connectivity index (χ0) is 19.6. The number of carbonyl (C=O) groups is 1. The monoisotopic (exact) mass is 381 g/mol. The Morgan fingerprint density at radius 1 is 1.14 bits per heavy atom. The fourth-order valence-electron chi connectivity index (χ4n) is 4.86. The van der Waals surface area contributed by atoms with Gasteiger partial charge in [-0.1, -0.05) is 20.3 Å². The van der Waals surface area contributed by atoms with Gasteiger partial charge in [-0.25, -0.2) is 4.68 Å². The third kappa shape index (κ3) is 4.27. The van der Waals surface area contributed by atoms with Crippen LogP contribution in [0, 0.1) is 5.41 Å².